The van der Waals surface area contributed by atoms with Crippen LogP contribution in [0.3, 0.4) is 0 Å². The van der Waals surface area contributed by atoms with E-state index in [9.17, 15) is 4.79 Å². The van der Waals surface area contributed by atoms with E-state index in [1.807, 2.05) is 23.0 Å². The number of hydrogen-bond donors (Lipinski definition) is 1. The molecule has 0 aromatic carbocycles. The van der Waals surface area contributed by atoms with Crippen molar-refractivity contribution in [1.82, 2.24) is 24.3 Å². The number of likely N-dealkylation sites (tertiary alicyclic amines) is 1. The number of rotatable bonds is 4. The molecule has 2 aromatic heterocycles. The highest BCUT2D eigenvalue weighted by Crippen LogP contribution is 2.32. The lowest BCUT2D eigenvalue weighted by Gasteiger charge is -2.37. The molecule has 2 fully saturated rings. The van der Waals surface area contributed by atoms with Crippen LogP contribution in [0.5, 0.6) is 0 Å². The van der Waals surface area contributed by atoms with E-state index in [4.69, 9.17) is 0 Å². The number of piperidine rings is 2. The summed E-state index contributed by atoms with van der Waals surface area (Å²) in [5.74, 6) is 1.86. The van der Waals surface area contributed by atoms with E-state index in [1.54, 1.807) is 0 Å². The van der Waals surface area contributed by atoms with Crippen molar-refractivity contribution in [2.75, 3.05) is 32.7 Å². The van der Waals surface area contributed by atoms with Crippen LogP contribution in [-0.4, -0.2) is 51.7 Å². The molecule has 0 spiro atoms. The predicted octanol–water partition coefficient (Wildman–Crippen LogP) is 1.90. The molecule has 0 unspecified atom stereocenters. The second kappa shape index (κ2) is 7.24. The van der Waals surface area contributed by atoms with Gasteiger partial charge in [-0.3, -0.25) is 4.79 Å². The van der Waals surface area contributed by atoms with Gasteiger partial charge in [0.25, 0.3) is 5.56 Å². The van der Waals surface area contributed by atoms with Gasteiger partial charge in [-0.1, -0.05) is 6.42 Å². The van der Waals surface area contributed by atoms with Crippen LogP contribution in [0.1, 0.15) is 37.3 Å². The lowest BCUT2D eigenvalue weighted by molar-refractivity contribution is 0.221. The topological polar surface area (TPSA) is 55.1 Å². The summed E-state index contributed by atoms with van der Waals surface area (Å²) in [5.41, 5.74) is 2.07. The molecule has 6 nitrogen and oxygen atoms in total. The third-order valence-electron chi connectivity index (χ3n) is 6.57. The molecule has 2 atom stereocenters. The maximum Gasteiger partial charge on any atom is 0.261 e. The van der Waals surface area contributed by atoms with Crippen LogP contribution in [0, 0.1) is 5.92 Å². The van der Waals surface area contributed by atoms with Crippen molar-refractivity contribution in [3.63, 3.8) is 0 Å². The van der Waals surface area contributed by atoms with Crippen molar-refractivity contribution in [3.8, 4) is 11.4 Å². The molecule has 3 aliphatic heterocycles. The third kappa shape index (κ3) is 3.25. The summed E-state index contributed by atoms with van der Waals surface area (Å²) < 4.78 is 4.18. The highest BCUT2D eigenvalue weighted by molar-refractivity contribution is 5.54. The Morgan fingerprint density at radius 3 is 2.89 bits per heavy atom. The Balaban J connectivity index is 1.42. The minimum absolute atomic E-state index is 0.134. The van der Waals surface area contributed by atoms with Crippen molar-refractivity contribution < 1.29 is 0 Å². The highest BCUT2D eigenvalue weighted by atomic mass is 16.1. The Hall–Kier alpha value is -1.92. The first-order valence-corrected chi connectivity index (χ1v) is 10.5. The summed E-state index contributed by atoms with van der Waals surface area (Å²) in [7, 11) is 0. The summed E-state index contributed by atoms with van der Waals surface area (Å²) in [4.78, 5) is 20.4. The van der Waals surface area contributed by atoms with E-state index in [1.165, 1.54) is 44.5 Å². The molecule has 5 heterocycles. The van der Waals surface area contributed by atoms with Gasteiger partial charge in [0, 0.05) is 50.2 Å². The highest BCUT2D eigenvalue weighted by Gasteiger charge is 2.31. The molecule has 2 aromatic rings. The predicted molar refractivity (Wildman–Crippen MR) is 106 cm³/mol. The van der Waals surface area contributed by atoms with Crippen LogP contribution >= 0.6 is 0 Å². The summed E-state index contributed by atoms with van der Waals surface area (Å²) in [6.07, 6.45) is 9.02. The van der Waals surface area contributed by atoms with E-state index >= 15 is 0 Å². The van der Waals surface area contributed by atoms with Crippen LogP contribution in [0.15, 0.2) is 29.3 Å². The number of hydrogen-bond acceptors (Lipinski definition) is 4. The SMILES string of the molecule is O=c1c(-c2nccn2CCN2CCCCC2)ccc2n1C[C@@H]1CNC[C@H]2C1. The van der Waals surface area contributed by atoms with Gasteiger partial charge in [-0.15, -0.1) is 0 Å². The largest absolute Gasteiger partial charge is 0.330 e. The van der Waals surface area contributed by atoms with Gasteiger partial charge in [0.2, 0.25) is 0 Å². The van der Waals surface area contributed by atoms with Gasteiger partial charge >= 0.3 is 0 Å². The molecule has 0 radical (unpaired) electrons. The van der Waals surface area contributed by atoms with Gasteiger partial charge in [0.15, 0.2) is 0 Å². The molecule has 0 amide bonds. The zero-order chi connectivity index (χ0) is 18.2. The second-order valence-corrected chi connectivity index (χ2v) is 8.39. The van der Waals surface area contributed by atoms with Gasteiger partial charge in [0.05, 0.1) is 5.56 Å². The molecule has 5 rings (SSSR count). The van der Waals surface area contributed by atoms with E-state index in [2.05, 4.69) is 25.8 Å². The fraction of sp³-hybridized carbons (Fsp3) is 0.619. The molecular weight excluding hydrogens is 338 g/mol. The summed E-state index contributed by atoms with van der Waals surface area (Å²) in [6, 6.07) is 4.16. The molecule has 2 bridgehead atoms. The number of fused-ring (bicyclic) bond motifs is 4. The third-order valence-corrected chi connectivity index (χ3v) is 6.57. The van der Waals surface area contributed by atoms with Crippen LogP contribution in [0.2, 0.25) is 0 Å². The molecule has 144 valence electrons. The fourth-order valence-electron chi connectivity index (χ4n) is 5.13. The zero-order valence-electron chi connectivity index (χ0n) is 15.9. The van der Waals surface area contributed by atoms with Crippen molar-refractivity contribution in [1.29, 1.82) is 0 Å². The number of nitrogens with one attached hydrogen (secondary N) is 1. The van der Waals surface area contributed by atoms with Gasteiger partial charge in [-0.05, 0) is 56.9 Å². The second-order valence-electron chi connectivity index (χ2n) is 8.39. The average Bonchev–Trinajstić information content (AvgIpc) is 3.17. The van der Waals surface area contributed by atoms with Gasteiger partial charge in [0.1, 0.15) is 5.82 Å². The Morgan fingerprint density at radius 2 is 2.00 bits per heavy atom. The fourth-order valence-corrected chi connectivity index (χ4v) is 5.13. The Kier molecular flexibility index (Phi) is 4.61. The first kappa shape index (κ1) is 17.2. The molecule has 3 aliphatic rings. The van der Waals surface area contributed by atoms with Gasteiger partial charge < -0.3 is 19.4 Å². The van der Waals surface area contributed by atoms with Crippen LogP contribution < -0.4 is 10.9 Å². The average molecular weight is 367 g/mol. The van der Waals surface area contributed by atoms with E-state index < -0.39 is 0 Å². The maximum atomic E-state index is 13.3. The van der Waals surface area contributed by atoms with Crippen LogP contribution in [-0.2, 0) is 13.1 Å². The van der Waals surface area contributed by atoms with Crippen molar-refractivity contribution in [2.45, 2.75) is 44.7 Å². The molecule has 6 heteroatoms. The standard InChI is InChI=1S/C21H29N5O/c27-21-18(4-5-19-17-12-16(13-22-14-17)15-26(19)21)20-23-6-9-25(20)11-10-24-7-2-1-3-8-24/h4-6,9,16-17,22H,1-3,7-8,10-15H2/t16-,17+/m0/s1. The van der Waals surface area contributed by atoms with Crippen LogP contribution in [0.25, 0.3) is 11.4 Å². The first-order valence-electron chi connectivity index (χ1n) is 10.5. The normalized spacial score (nSPS) is 25.3. The molecule has 1 N–H and O–H groups in total. The van der Waals surface area contributed by atoms with E-state index in [-0.39, 0.29) is 5.56 Å². The van der Waals surface area contributed by atoms with Crippen molar-refractivity contribution in [3.05, 3.63) is 40.6 Å². The number of aromatic nitrogens is 3. The monoisotopic (exact) mass is 367 g/mol. The minimum atomic E-state index is 0.134. The molecule has 27 heavy (non-hydrogen) atoms. The quantitative estimate of drug-likeness (QED) is 0.897. The molecule has 2 saturated heterocycles. The number of nitrogens with zero attached hydrogens (tertiary/aromatic N) is 4. The van der Waals surface area contributed by atoms with Crippen molar-refractivity contribution >= 4 is 0 Å². The van der Waals surface area contributed by atoms with E-state index in [0.717, 1.165) is 44.1 Å². The minimum Gasteiger partial charge on any atom is -0.330 e. The lowest BCUT2D eigenvalue weighted by Crippen LogP contribution is -2.45. The van der Waals surface area contributed by atoms with Gasteiger partial charge in [-0.25, -0.2) is 4.98 Å². The number of pyridine rings is 1. The molecule has 0 aliphatic carbocycles. The summed E-state index contributed by atoms with van der Waals surface area (Å²) >= 11 is 0. The summed E-state index contributed by atoms with van der Waals surface area (Å²) in [6.45, 7) is 7.17. The Labute approximate surface area is 160 Å². The lowest BCUT2D eigenvalue weighted by atomic mass is 9.84. The molecular formula is C21H29N5O. The van der Waals surface area contributed by atoms with Gasteiger partial charge in [-0.2, -0.15) is 0 Å². The molecule has 0 saturated carbocycles. The maximum absolute atomic E-state index is 13.3. The summed E-state index contributed by atoms with van der Waals surface area (Å²) in [5, 5.41) is 3.51. The van der Waals surface area contributed by atoms with Crippen LogP contribution in [0.4, 0.5) is 0 Å². The van der Waals surface area contributed by atoms with Crippen molar-refractivity contribution in [2.24, 2.45) is 5.92 Å². The number of imidazole rings is 1. The zero-order valence-corrected chi connectivity index (χ0v) is 15.9. The first-order chi connectivity index (χ1) is 13.3. The Morgan fingerprint density at radius 1 is 1.11 bits per heavy atom. The Bertz CT molecular complexity index is 864. The van der Waals surface area contributed by atoms with E-state index in [0.29, 0.717) is 11.8 Å². The smallest absolute Gasteiger partial charge is 0.261 e.